The van der Waals surface area contributed by atoms with E-state index < -0.39 is 0 Å². The summed E-state index contributed by atoms with van der Waals surface area (Å²) in [5, 5.41) is 0. The molecule has 0 amide bonds. The lowest BCUT2D eigenvalue weighted by atomic mass is 9.82. The number of aromatic nitrogens is 1. The van der Waals surface area contributed by atoms with Gasteiger partial charge in [-0.15, -0.1) is 11.3 Å². The van der Waals surface area contributed by atoms with E-state index in [1.165, 1.54) is 16.9 Å². The molecule has 0 saturated heterocycles. The molecular formula is C14H11Br2NOS. The Kier molecular flexibility index (Phi) is 3.87. The largest absolute Gasteiger partial charge is 0.293 e. The number of halogens is 2. The normalized spacial score (nSPS) is 18.1. The van der Waals surface area contributed by atoms with Gasteiger partial charge in [-0.1, -0.05) is 6.07 Å². The van der Waals surface area contributed by atoms with Crippen LogP contribution in [0, 0.1) is 0 Å². The lowest BCUT2D eigenvalue weighted by Gasteiger charge is -2.22. The van der Waals surface area contributed by atoms with Gasteiger partial charge in [-0.3, -0.25) is 9.78 Å². The number of aryl methyl sites for hydroxylation is 1. The standard InChI is InChI=1S/C14H11Br2NOS/c15-11-7-10(14(16)19-11)13(18)9-5-1-3-8-4-2-6-17-12(8)9/h2,4,6-7,9H,1,3,5H2. The van der Waals surface area contributed by atoms with Crippen molar-refractivity contribution in [1.29, 1.82) is 0 Å². The molecule has 1 aliphatic rings. The fourth-order valence-corrected chi connectivity index (χ4v) is 5.38. The van der Waals surface area contributed by atoms with Crippen LogP contribution in [0.15, 0.2) is 32.0 Å². The quantitative estimate of drug-likeness (QED) is 0.666. The van der Waals surface area contributed by atoms with E-state index in [9.17, 15) is 4.79 Å². The molecule has 0 aromatic carbocycles. The van der Waals surface area contributed by atoms with Gasteiger partial charge in [0.05, 0.1) is 19.2 Å². The van der Waals surface area contributed by atoms with Crippen LogP contribution in [0.3, 0.4) is 0 Å². The van der Waals surface area contributed by atoms with E-state index in [1.54, 1.807) is 6.20 Å². The highest BCUT2D eigenvalue weighted by molar-refractivity contribution is 9.12. The lowest BCUT2D eigenvalue weighted by Crippen LogP contribution is -2.20. The number of pyridine rings is 1. The predicted octanol–water partition coefficient (Wildman–Crippen LogP) is 4.97. The highest BCUT2D eigenvalue weighted by Crippen LogP contribution is 2.38. The zero-order chi connectivity index (χ0) is 13.4. The fraction of sp³-hybridized carbons (Fsp3) is 0.286. The molecule has 2 aromatic rings. The first-order chi connectivity index (χ1) is 9.16. The smallest absolute Gasteiger partial charge is 0.173 e. The van der Waals surface area contributed by atoms with Crippen LogP contribution >= 0.6 is 43.2 Å². The van der Waals surface area contributed by atoms with Crippen molar-refractivity contribution in [2.75, 3.05) is 0 Å². The second kappa shape index (κ2) is 5.46. The molecule has 0 radical (unpaired) electrons. The van der Waals surface area contributed by atoms with Crippen molar-refractivity contribution in [1.82, 2.24) is 4.98 Å². The molecule has 0 bridgehead atoms. The Balaban J connectivity index is 2.00. The molecule has 2 nitrogen and oxygen atoms in total. The Hall–Kier alpha value is -0.520. The lowest BCUT2D eigenvalue weighted by molar-refractivity contribution is 0.0948. The van der Waals surface area contributed by atoms with E-state index in [0.717, 1.165) is 38.1 Å². The van der Waals surface area contributed by atoms with Crippen molar-refractivity contribution in [2.24, 2.45) is 0 Å². The number of fused-ring (bicyclic) bond motifs is 1. The molecule has 19 heavy (non-hydrogen) atoms. The molecule has 2 aromatic heterocycles. The summed E-state index contributed by atoms with van der Waals surface area (Å²) in [4.78, 5) is 17.2. The number of ketones is 1. The van der Waals surface area contributed by atoms with Crippen LogP contribution in [0.2, 0.25) is 0 Å². The molecule has 98 valence electrons. The number of carbonyl (C=O) groups is 1. The molecular weight excluding hydrogens is 390 g/mol. The minimum absolute atomic E-state index is 0.0947. The average molecular weight is 401 g/mol. The van der Waals surface area contributed by atoms with Crippen molar-refractivity contribution in [2.45, 2.75) is 25.2 Å². The number of rotatable bonds is 2. The number of hydrogen-bond donors (Lipinski definition) is 0. The second-order valence-corrected chi connectivity index (χ2v) is 8.34. The van der Waals surface area contributed by atoms with Crippen molar-refractivity contribution in [3.05, 3.63) is 48.8 Å². The summed E-state index contributed by atoms with van der Waals surface area (Å²) in [6.07, 6.45) is 4.76. The van der Waals surface area contributed by atoms with Crippen molar-refractivity contribution in [3.63, 3.8) is 0 Å². The van der Waals surface area contributed by atoms with Gasteiger partial charge < -0.3 is 0 Å². The van der Waals surface area contributed by atoms with Gasteiger partial charge in [0.15, 0.2) is 5.78 Å². The summed E-state index contributed by atoms with van der Waals surface area (Å²) in [7, 11) is 0. The van der Waals surface area contributed by atoms with Crippen LogP contribution < -0.4 is 0 Å². The summed E-state index contributed by atoms with van der Waals surface area (Å²) in [6, 6.07) is 5.93. The Morgan fingerprint density at radius 2 is 2.26 bits per heavy atom. The van der Waals surface area contributed by atoms with E-state index in [4.69, 9.17) is 0 Å². The maximum absolute atomic E-state index is 12.7. The molecule has 5 heteroatoms. The first-order valence-corrected chi connectivity index (χ1v) is 8.50. The molecule has 0 aliphatic heterocycles. The topological polar surface area (TPSA) is 30.0 Å². The third-order valence-electron chi connectivity index (χ3n) is 3.43. The summed E-state index contributed by atoms with van der Waals surface area (Å²) in [5.41, 5.74) is 2.95. The van der Waals surface area contributed by atoms with Crippen LogP contribution in [0.4, 0.5) is 0 Å². The highest BCUT2D eigenvalue weighted by atomic mass is 79.9. The first kappa shape index (κ1) is 13.5. The summed E-state index contributed by atoms with van der Waals surface area (Å²) in [5.74, 6) is 0.0798. The number of carbonyl (C=O) groups excluding carboxylic acids is 1. The van der Waals surface area contributed by atoms with Crippen LogP contribution in [-0.2, 0) is 6.42 Å². The van der Waals surface area contributed by atoms with E-state index in [-0.39, 0.29) is 11.7 Å². The molecule has 0 fully saturated rings. The van der Waals surface area contributed by atoms with Gasteiger partial charge in [0.1, 0.15) is 0 Å². The van der Waals surface area contributed by atoms with Gasteiger partial charge in [-0.05, 0) is 68.8 Å². The van der Waals surface area contributed by atoms with E-state index in [2.05, 4.69) is 42.9 Å². The Labute approximate surface area is 132 Å². The SMILES string of the molecule is O=C(c1cc(Br)sc1Br)C1CCCc2cccnc21. The van der Waals surface area contributed by atoms with Crippen molar-refractivity contribution < 1.29 is 4.79 Å². The number of nitrogens with zero attached hydrogens (tertiary/aromatic N) is 1. The summed E-state index contributed by atoms with van der Waals surface area (Å²) in [6.45, 7) is 0. The molecule has 1 aliphatic carbocycles. The zero-order valence-corrected chi connectivity index (χ0v) is 14.0. The third-order valence-corrected chi connectivity index (χ3v) is 5.77. The van der Waals surface area contributed by atoms with Gasteiger partial charge in [-0.25, -0.2) is 0 Å². The van der Waals surface area contributed by atoms with Gasteiger partial charge in [0, 0.05) is 11.8 Å². The van der Waals surface area contributed by atoms with Crippen LogP contribution in [-0.4, -0.2) is 10.8 Å². The van der Waals surface area contributed by atoms with Crippen LogP contribution in [0.1, 0.15) is 40.4 Å². The zero-order valence-electron chi connectivity index (χ0n) is 10.0. The van der Waals surface area contributed by atoms with Crippen LogP contribution in [0.5, 0.6) is 0 Å². The minimum Gasteiger partial charge on any atom is -0.293 e. The van der Waals surface area contributed by atoms with E-state index in [1.807, 2.05) is 12.1 Å². The molecule has 0 N–H and O–H groups in total. The number of hydrogen-bond acceptors (Lipinski definition) is 3. The first-order valence-electron chi connectivity index (χ1n) is 6.09. The number of thiophene rings is 1. The monoisotopic (exact) mass is 399 g/mol. The summed E-state index contributed by atoms with van der Waals surface area (Å²) >= 11 is 8.43. The highest BCUT2D eigenvalue weighted by Gasteiger charge is 2.30. The second-order valence-electron chi connectivity index (χ2n) is 4.59. The molecule has 0 spiro atoms. The predicted molar refractivity (Wildman–Crippen MR) is 84.0 cm³/mol. The van der Waals surface area contributed by atoms with Gasteiger partial charge >= 0.3 is 0 Å². The molecule has 3 rings (SSSR count). The Morgan fingerprint density at radius 3 is 3.00 bits per heavy atom. The molecule has 2 heterocycles. The van der Waals surface area contributed by atoms with Gasteiger partial charge in [0.2, 0.25) is 0 Å². The van der Waals surface area contributed by atoms with Gasteiger partial charge in [0.25, 0.3) is 0 Å². The molecule has 1 atom stereocenters. The third kappa shape index (κ3) is 2.56. The molecule has 0 saturated carbocycles. The number of Topliss-reactive ketones (excluding diaryl/α,β-unsaturated/α-hetero) is 1. The van der Waals surface area contributed by atoms with Crippen molar-refractivity contribution >= 4 is 49.0 Å². The van der Waals surface area contributed by atoms with Crippen molar-refractivity contribution in [3.8, 4) is 0 Å². The molecule has 1 unspecified atom stereocenters. The summed E-state index contributed by atoms with van der Waals surface area (Å²) < 4.78 is 1.87. The fourth-order valence-electron chi connectivity index (χ4n) is 2.56. The van der Waals surface area contributed by atoms with E-state index in [0.29, 0.717) is 0 Å². The maximum Gasteiger partial charge on any atom is 0.173 e. The van der Waals surface area contributed by atoms with Gasteiger partial charge in [-0.2, -0.15) is 0 Å². The van der Waals surface area contributed by atoms with Crippen LogP contribution in [0.25, 0.3) is 0 Å². The maximum atomic E-state index is 12.7. The minimum atomic E-state index is -0.0947. The Morgan fingerprint density at radius 1 is 1.42 bits per heavy atom. The average Bonchev–Trinajstić information content (AvgIpc) is 2.76. The Bertz CT molecular complexity index is 638. The van der Waals surface area contributed by atoms with E-state index >= 15 is 0 Å².